The van der Waals surface area contributed by atoms with Gasteiger partial charge in [0.05, 0.1) is 24.9 Å². The molecular weight excluding hydrogens is 274 g/mol. The standard InChI is InChI=1S/C16H18ClNO2/c1-16(11-19,12-7-9-13(17)10-8-12)18-14-5-3-4-6-15(14)20-2/h3-10,18-19H,11H2,1-2H3. The average Bonchev–Trinajstić information content (AvgIpc) is 2.48. The first-order valence-electron chi connectivity index (χ1n) is 6.37. The van der Waals surface area contributed by atoms with E-state index < -0.39 is 5.54 Å². The van der Waals surface area contributed by atoms with Gasteiger partial charge in [-0.05, 0) is 36.8 Å². The van der Waals surface area contributed by atoms with E-state index in [1.54, 1.807) is 7.11 Å². The molecule has 4 heteroatoms. The number of para-hydroxylation sites is 2. The number of halogens is 1. The molecule has 0 radical (unpaired) electrons. The van der Waals surface area contributed by atoms with E-state index >= 15 is 0 Å². The number of hydrogen-bond acceptors (Lipinski definition) is 3. The van der Waals surface area contributed by atoms with Crippen LogP contribution in [0.15, 0.2) is 48.5 Å². The summed E-state index contributed by atoms with van der Waals surface area (Å²) in [6.07, 6.45) is 0. The highest BCUT2D eigenvalue weighted by atomic mass is 35.5. The van der Waals surface area contributed by atoms with E-state index in [1.165, 1.54) is 0 Å². The van der Waals surface area contributed by atoms with E-state index in [2.05, 4.69) is 5.32 Å². The number of anilines is 1. The molecule has 0 saturated heterocycles. The van der Waals surface area contributed by atoms with Crippen molar-refractivity contribution in [3.05, 3.63) is 59.1 Å². The summed E-state index contributed by atoms with van der Waals surface area (Å²) in [7, 11) is 1.62. The fourth-order valence-corrected chi connectivity index (χ4v) is 2.19. The fraction of sp³-hybridized carbons (Fsp3) is 0.250. The molecule has 0 aliphatic carbocycles. The Kier molecular flexibility index (Phi) is 4.53. The molecular formula is C16H18ClNO2. The molecule has 0 heterocycles. The van der Waals surface area contributed by atoms with E-state index in [-0.39, 0.29) is 6.61 Å². The van der Waals surface area contributed by atoms with Gasteiger partial charge in [-0.15, -0.1) is 0 Å². The Hall–Kier alpha value is -1.71. The van der Waals surface area contributed by atoms with Crippen molar-refractivity contribution in [2.24, 2.45) is 0 Å². The lowest BCUT2D eigenvalue weighted by atomic mass is 9.92. The van der Waals surface area contributed by atoms with Crippen LogP contribution in [0.2, 0.25) is 5.02 Å². The number of benzene rings is 2. The Morgan fingerprint density at radius 1 is 1.15 bits per heavy atom. The van der Waals surface area contributed by atoms with Crippen LogP contribution in [-0.2, 0) is 5.54 Å². The number of nitrogens with one attached hydrogen (secondary N) is 1. The number of hydrogen-bond donors (Lipinski definition) is 2. The first kappa shape index (κ1) is 14.7. The van der Waals surface area contributed by atoms with Gasteiger partial charge < -0.3 is 15.2 Å². The van der Waals surface area contributed by atoms with Gasteiger partial charge in [0.15, 0.2) is 0 Å². The lowest BCUT2D eigenvalue weighted by Gasteiger charge is -2.31. The van der Waals surface area contributed by atoms with Gasteiger partial charge in [0.2, 0.25) is 0 Å². The van der Waals surface area contributed by atoms with Crippen LogP contribution in [0.5, 0.6) is 5.75 Å². The van der Waals surface area contributed by atoms with Crippen molar-refractivity contribution in [3.63, 3.8) is 0 Å². The van der Waals surface area contributed by atoms with Crippen molar-refractivity contribution in [1.82, 2.24) is 0 Å². The van der Waals surface area contributed by atoms with Crippen LogP contribution in [0.3, 0.4) is 0 Å². The Labute approximate surface area is 124 Å². The molecule has 1 atom stereocenters. The predicted octanol–water partition coefficient (Wildman–Crippen LogP) is 3.67. The zero-order valence-electron chi connectivity index (χ0n) is 11.6. The first-order valence-corrected chi connectivity index (χ1v) is 6.75. The largest absolute Gasteiger partial charge is 0.495 e. The van der Waals surface area contributed by atoms with Gasteiger partial charge >= 0.3 is 0 Å². The summed E-state index contributed by atoms with van der Waals surface area (Å²) in [5, 5.41) is 13.8. The summed E-state index contributed by atoms with van der Waals surface area (Å²) in [5.74, 6) is 0.737. The van der Waals surface area contributed by atoms with Crippen LogP contribution < -0.4 is 10.1 Å². The van der Waals surface area contributed by atoms with Crippen LogP contribution in [-0.4, -0.2) is 18.8 Å². The molecule has 2 rings (SSSR count). The summed E-state index contributed by atoms with van der Waals surface area (Å²) in [6, 6.07) is 15.1. The molecule has 2 aromatic rings. The van der Waals surface area contributed by atoms with Gasteiger partial charge in [0.1, 0.15) is 5.75 Å². The van der Waals surface area contributed by atoms with Crippen molar-refractivity contribution in [3.8, 4) is 5.75 Å². The molecule has 106 valence electrons. The van der Waals surface area contributed by atoms with Gasteiger partial charge in [-0.1, -0.05) is 35.9 Å². The molecule has 0 amide bonds. The molecule has 20 heavy (non-hydrogen) atoms. The van der Waals surface area contributed by atoms with E-state index in [0.29, 0.717) is 5.02 Å². The van der Waals surface area contributed by atoms with Crippen LogP contribution in [0.1, 0.15) is 12.5 Å². The Morgan fingerprint density at radius 2 is 1.80 bits per heavy atom. The molecule has 1 unspecified atom stereocenters. The maximum Gasteiger partial charge on any atom is 0.141 e. The smallest absolute Gasteiger partial charge is 0.141 e. The maximum absolute atomic E-state index is 9.80. The summed E-state index contributed by atoms with van der Waals surface area (Å²) in [4.78, 5) is 0. The number of methoxy groups -OCH3 is 1. The number of ether oxygens (including phenoxy) is 1. The Morgan fingerprint density at radius 3 is 2.40 bits per heavy atom. The number of rotatable bonds is 5. The molecule has 0 bridgehead atoms. The van der Waals surface area contributed by atoms with Gasteiger partial charge in [-0.2, -0.15) is 0 Å². The third-order valence-electron chi connectivity index (χ3n) is 3.32. The van der Waals surface area contributed by atoms with Gasteiger partial charge in [0, 0.05) is 5.02 Å². The van der Waals surface area contributed by atoms with Crippen LogP contribution in [0.4, 0.5) is 5.69 Å². The van der Waals surface area contributed by atoms with E-state index in [9.17, 15) is 5.11 Å². The summed E-state index contributed by atoms with van der Waals surface area (Å²) < 4.78 is 5.33. The highest BCUT2D eigenvalue weighted by Gasteiger charge is 2.26. The number of aliphatic hydroxyl groups excluding tert-OH is 1. The minimum absolute atomic E-state index is 0.0489. The molecule has 0 aromatic heterocycles. The Balaban J connectivity index is 2.34. The quantitative estimate of drug-likeness (QED) is 0.883. The van der Waals surface area contributed by atoms with Crippen LogP contribution >= 0.6 is 11.6 Å². The minimum Gasteiger partial charge on any atom is -0.495 e. The fourth-order valence-electron chi connectivity index (χ4n) is 2.07. The number of aliphatic hydroxyl groups is 1. The lowest BCUT2D eigenvalue weighted by molar-refractivity contribution is 0.223. The van der Waals surface area contributed by atoms with Gasteiger partial charge in [-0.3, -0.25) is 0 Å². The highest BCUT2D eigenvalue weighted by Crippen LogP contribution is 2.31. The summed E-state index contributed by atoms with van der Waals surface area (Å²) >= 11 is 5.91. The topological polar surface area (TPSA) is 41.5 Å². The SMILES string of the molecule is COc1ccccc1NC(C)(CO)c1ccc(Cl)cc1. The zero-order valence-corrected chi connectivity index (χ0v) is 12.3. The summed E-state index contributed by atoms with van der Waals surface area (Å²) in [6.45, 7) is 1.88. The van der Waals surface area contributed by atoms with Crippen molar-refractivity contribution < 1.29 is 9.84 Å². The molecule has 2 aromatic carbocycles. The molecule has 0 saturated carbocycles. The van der Waals surface area contributed by atoms with Crippen molar-refractivity contribution >= 4 is 17.3 Å². The zero-order chi connectivity index (χ0) is 14.6. The van der Waals surface area contributed by atoms with Crippen LogP contribution in [0.25, 0.3) is 0 Å². The molecule has 0 fully saturated rings. The second kappa shape index (κ2) is 6.16. The molecule has 0 spiro atoms. The molecule has 2 N–H and O–H groups in total. The normalized spacial score (nSPS) is 13.6. The average molecular weight is 292 g/mol. The second-order valence-electron chi connectivity index (χ2n) is 4.82. The molecule has 0 aliphatic rings. The lowest BCUT2D eigenvalue weighted by Crippen LogP contribution is -2.35. The van der Waals surface area contributed by atoms with Crippen LogP contribution in [0, 0.1) is 0 Å². The maximum atomic E-state index is 9.80. The van der Waals surface area contributed by atoms with Crippen molar-refractivity contribution in [2.45, 2.75) is 12.5 Å². The van der Waals surface area contributed by atoms with Crippen molar-refractivity contribution in [2.75, 3.05) is 19.0 Å². The van der Waals surface area contributed by atoms with E-state index in [4.69, 9.17) is 16.3 Å². The van der Waals surface area contributed by atoms with Gasteiger partial charge in [0.25, 0.3) is 0 Å². The first-order chi connectivity index (χ1) is 9.59. The monoisotopic (exact) mass is 291 g/mol. The predicted molar refractivity (Wildman–Crippen MR) is 82.5 cm³/mol. The molecule has 0 aliphatic heterocycles. The van der Waals surface area contributed by atoms with Gasteiger partial charge in [-0.25, -0.2) is 0 Å². The summed E-state index contributed by atoms with van der Waals surface area (Å²) in [5.41, 5.74) is 1.18. The molecule has 3 nitrogen and oxygen atoms in total. The highest BCUT2D eigenvalue weighted by molar-refractivity contribution is 6.30. The van der Waals surface area contributed by atoms with E-state index in [0.717, 1.165) is 17.0 Å². The van der Waals surface area contributed by atoms with Crippen molar-refractivity contribution in [1.29, 1.82) is 0 Å². The Bertz CT molecular complexity index is 571. The third-order valence-corrected chi connectivity index (χ3v) is 3.57. The minimum atomic E-state index is -0.612. The second-order valence-corrected chi connectivity index (χ2v) is 5.26. The third kappa shape index (κ3) is 3.06. The van der Waals surface area contributed by atoms with E-state index in [1.807, 2.05) is 55.5 Å².